The summed E-state index contributed by atoms with van der Waals surface area (Å²) in [4.78, 5) is 0. The second kappa shape index (κ2) is 4.07. The van der Waals surface area contributed by atoms with Gasteiger partial charge in [0, 0.05) is 17.3 Å². The number of fused-ring (bicyclic) bond motifs is 1. The van der Waals surface area contributed by atoms with Crippen LogP contribution in [0.5, 0.6) is 0 Å². The molecule has 2 N–H and O–H groups in total. The first-order valence-electron chi connectivity index (χ1n) is 5.54. The van der Waals surface area contributed by atoms with Gasteiger partial charge in [-0.3, -0.25) is 0 Å². The van der Waals surface area contributed by atoms with Crippen molar-refractivity contribution in [2.75, 3.05) is 0 Å². The number of furan rings is 1. The normalized spacial score (nSPS) is 10.9. The lowest BCUT2D eigenvalue weighted by Crippen LogP contribution is -1.95. The Kier molecular flexibility index (Phi) is 2.42. The number of nitrogens with two attached hydrogens (primary N) is 1. The topological polar surface area (TPSA) is 39.2 Å². The molecule has 2 aromatic carbocycles. The smallest absolute Gasteiger partial charge is 0.0987 e. The lowest BCUT2D eigenvalue weighted by atomic mass is 9.99. The van der Waals surface area contributed by atoms with Crippen LogP contribution >= 0.6 is 0 Å². The van der Waals surface area contributed by atoms with Crippen molar-refractivity contribution >= 4 is 10.8 Å². The van der Waals surface area contributed by atoms with Crippen molar-refractivity contribution in [2.24, 2.45) is 5.73 Å². The molecule has 0 saturated heterocycles. The van der Waals surface area contributed by atoms with Crippen LogP contribution in [0.3, 0.4) is 0 Å². The Bertz CT molecular complexity index is 655. The Morgan fingerprint density at radius 2 is 2.12 bits per heavy atom. The molecule has 17 heavy (non-hydrogen) atoms. The molecule has 0 unspecified atom stereocenters. The van der Waals surface area contributed by atoms with Gasteiger partial charge < -0.3 is 10.2 Å². The minimum absolute atomic E-state index is 0.554. The van der Waals surface area contributed by atoms with Crippen molar-refractivity contribution in [1.82, 2.24) is 0 Å². The fraction of sp³-hybridized carbons (Fsp3) is 0.0667. The first kappa shape index (κ1) is 10.1. The molecule has 0 spiro atoms. The van der Waals surface area contributed by atoms with E-state index >= 15 is 0 Å². The van der Waals surface area contributed by atoms with Crippen molar-refractivity contribution in [1.29, 1.82) is 0 Å². The zero-order chi connectivity index (χ0) is 11.7. The first-order chi connectivity index (χ1) is 8.38. The van der Waals surface area contributed by atoms with E-state index in [1.165, 1.54) is 0 Å². The maximum atomic E-state index is 5.66. The van der Waals surface area contributed by atoms with Crippen molar-refractivity contribution in [3.05, 3.63) is 60.6 Å². The van der Waals surface area contributed by atoms with Crippen molar-refractivity contribution < 1.29 is 4.42 Å². The van der Waals surface area contributed by atoms with E-state index in [4.69, 9.17) is 10.2 Å². The molecule has 0 bridgehead atoms. The SMILES string of the molecule is NCc1cccc(-c2c[c]cc3cocc23)c1. The molecule has 0 aliphatic rings. The summed E-state index contributed by atoms with van der Waals surface area (Å²) in [6.07, 6.45) is 3.51. The average Bonchev–Trinajstić information content (AvgIpc) is 2.87. The standard InChI is InChI=1S/C15H12NO/c16-8-11-3-1-4-12(7-11)14-6-2-5-13-9-17-10-15(13)14/h1,3-7,9-10H,8,16H2. The minimum atomic E-state index is 0.554. The van der Waals surface area contributed by atoms with Crippen LogP contribution in [0, 0.1) is 6.07 Å². The molecular weight excluding hydrogens is 210 g/mol. The van der Waals surface area contributed by atoms with Gasteiger partial charge in [-0.2, -0.15) is 0 Å². The summed E-state index contributed by atoms with van der Waals surface area (Å²) in [5.41, 5.74) is 9.07. The zero-order valence-corrected chi connectivity index (χ0v) is 9.31. The Labute approximate surface area is 99.7 Å². The zero-order valence-electron chi connectivity index (χ0n) is 9.31. The predicted octanol–water partition coefficient (Wildman–Crippen LogP) is 3.36. The van der Waals surface area contributed by atoms with Gasteiger partial charge in [0.1, 0.15) is 0 Å². The van der Waals surface area contributed by atoms with Crippen LogP contribution in [0.4, 0.5) is 0 Å². The van der Waals surface area contributed by atoms with E-state index in [2.05, 4.69) is 18.2 Å². The van der Waals surface area contributed by atoms with Gasteiger partial charge >= 0.3 is 0 Å². The summed E-state index contributed by atoms with van der Waals surface area (Å²) in [5.74, 6) is 0. The molecule has 0 fully saturated rings. The molecule has 0 atom stereocenters. The third kappa shape index (κ3) is 1.73. The number of benzene rings is 2. The summed E-state index contributed by atoms with van der Waals surface area (Å²) in [7, 11) is 0. The highest BCUT2D eigenvalue weighted by atomic mass is 16.3. The van der Waals surface area contributed by atoms with Gasteiger partial charge in [-0.15, -0.1) is 0 Å². The Morgan fingerprint density at radius 1 is 1.18 bits per heavy atom. The third-order valence-electron chi connectivity index (χ3n) is 2.92. The van der Waals surface area contributed by atoms with Gasteiger partial charge in [-0.25, -0.2) is 0 Å². The largest absolute Gasteiger partial charge is 0.471 e. The van der Waals surface area contributed by atoms with Crippen LogP contribution in [0.25, 0.3) is 21.9 Å². The van der Waals surface area contributed by atoms with Crippen molar-refractivity contribution in [3.8, 4) is 11.1 Å². The minimum Gasteiger partial charge on any atom is -0.471 e. The molecular formula is C15H12NO. The molecule has 1 aromatic heterocycles. The quantitative estimate of drug-likeness (QED) is 0.722. The van der Waals surface area contributed by atoms with E-state index in [1.54, 1.807) is 12.5 Å². The Balaban J connectivity index is 2.23. The van der Waals surface area contributed by atoms with Crippen molar-refractivity contribution in [3.63, 3.8) is 0 Å². The highest BCUT2D eigenvalue weighted by Gasteiger charge is 2.05. The van der Waals surface area contributed by atoms with Crippen LogP contribution in [0.2, 0.25) is 0 Å². The predicted molar refractivity (Wildman–Crippen MR) is 68.4 cm³/mol. The van der Waals surface area contributed by atoms with E-state index < -0.39 is 0 Å². The third-order valence-corrected chi connectivity index (χ3v) is 2.92. The number of hydrogen-bond acceptors (Lipinski definition) is 2. The monoisotopic (exact) mass is 222 g/mol. The van der Waals surface area contributed by atoms with Crippen LogP contribution in [-0.2, 0) is 6.54 Å². The van der Waals surface area contributed by atoms with Crippen LogP contribution in [-0.4, -0.2) is 0 Å². The van der Waals surface area contributed by atoms with Crippen LogP contribution < -0.4 is 5.73 Å². The Morgan fingerprint density at radius 3 is 3.00 bits per heavy atom. The second-order valence-electron chi connectivity index (χ2n) is 4.01. The van der Waals surface area contributed by atoms with Gasteiger partial charge in [0.2, 0.25) is 0 Å². The average molecular weight is 222 g/mol. The van der Waals surface area contributed by atoms with E-state index in [0.29, 0.717) is 6.54 Å². The highest BCUT2D eigenvalue weighted by Crippen LogP contribution is 2.29. The molecule has 2 heteroatoms. The second-order valence-corrected chi connectivity index (χ2v) is 4.01. The molecule has 1 heterocycles. The van der Waals surface area contributed by atoms with Crippen LogP contribution in [0.15, 0.2) is 53.3 Å². The molecule has 0 amide bonds. The van der Waals surface area contributed by atoms with E-state index in [-0.39, 0.29) is 0 Å². The number of rotatable bonds is 2. The molecule has 0 saturated carbocycles. The van der Waals surface area contributed by atoms with Crippen molar-refractivity contribution in [2.45, 2.75) is 6.54 Å². The molecule has 3 aromatic rings. The lowest BCUT2D eigenvalue weighted by Gasteiger charge is -2.05. The summed E-state index contributed by atoms with van der Waals surface area (Å²) in [6, 6.07) is 15.3. The van der Waals surface area contributed by atoms with Gasteiger partial charge in [0.15, 0.2) is 0 Å². The fourth-order valence-corrected chi connectivity index (χ4v) is 2.03. The summed E-state index contributed by atoms with van der Waals surface area (Å²) in [5, 5.41) is 2.18. The summed E-state index contributed by atoms with van der Waals surface area (Å²) >= 11 is 0. The fourth-order valence-electron chi connectivity index (χ4n) is 2.03. The molecule has 2 nitrogen and oxygen atoms in total. The van der Waals surface area contributed by atoms with E-state index in [1.807, 2.05) is 24.3 Å². The molecule has 0 aliphatic heterocycles. The molecule has 0 aliphatic carbocycles. The number of hydrogen-bond donors (Lipinski definition) is 1. The van der Waals surface area contributed by atoms with Gasteiger partial charge in [0.05, 0.1) is 12.5 Å². The lowest BCUT2D eigenvalue weighted by molar-refractivity contribution is 0.572. The van der Waals surface area contributed by atoms with Gasteiger partial charge in [0.25, 0.3) is 0 Å². The Hall–Kier alpha value is -2.06. The van der Waals surface area contributed by atoms with Crippen LogP contribution in [0.1, 0.15) is 5.56 Å². The van der Waals surface area contributed by atoms with Gasteiger partial charge in [-0.05, 0) is 41.0 Å². The summed E-state index contributed by atoms with van der Waals surface area (Å²) in [6.45, 7) is 0.554. The maximum absolute atomic E-state index is 5.66. The molecule has 1 radical (unpaired) electrons. The first-order valence-corrected chi connectivity index (χ1v) is 5.54. The highest BCUT2D eigenvalue weighted by molar-refractivity contribution is 5.95. The van der Waals surface area contributed by atoms with E-state index in [0.717, 1.165) is 27.5 Å². The van der Waals surface area contributed by atoms with Gasteiger partial charge in [-0.1, -0.05) is 18.2 Å². The summed E-state index contributed by atoms with van der Waals surface area (Å²) < 4.78 is 5.24. The van der Waals surface area contributed by atoms with E-state index in [9.17, 15) is 0 Å². The molecule has 83 valence electrons. The maximum Gasteiger partial charge on any atom is 0.0987 e. The molecule has 3 rings (SSSR count).